The van der Waals surface area contributed by atoms with E-state index in [0.29, 0.717) is 18.5 Å². The number of piperidine rings is 1. The van der Waals surface area contributed by atoms with Crippen molar-refractivity contribution >= 4 is 17.0 Å². The highest BCUT2D eigenvalue weighted by Gasteiger charge is 2.21. The topological polar surface area (TPSA) is 76.0 Å². The smallest absolute Gasteiger partial charge is 0.179 e. The fourth-order valence-electron chi connectivity index (χ4n) is 3.98. The van der Waals surface area contributed by atoms with Gasteiger partial charge in [0.05, 0.1) is 7.11 Å². The normalized spacial score (nSPS) is 14.8. The van der Waals surface area contributed by atoms with Gasteiger partial charge >= 0.3 is 0 Å². The third-order valence-corrected chi connectivity index (χ3v) is 5.59. The average molecular weight is 435 g/mol. The third kappa shape index (κ3) is 5.20. The van der Waals surface area contributed by atoms with Gasteiger partial charge in [-0.15, -0.1) is 0 Å². The number of hydrogen-bond donors (Lipinski definition) is 2. The minimum absolute atomic E-state index is 0.378. The minimum atomic E-state index is 0.378. The molecule has 8 heteroatoms. The number of fused-ring (bicyclic) bond motifs is 1. The largest absolute Gasteiger partial charge is 0.497 e. The number of likely N-dealkylation sites (tertiary alicyclic amines) is 1. The number of benzene rings is 1. The number of anilines is 2. The fraction of sp³-hybridized carbons (Fsp3) is 0.333. The Labute approximate surface area is 188 Å². The van der Waals surface area contributed by atoms with Crippen molar-refractivity contribution in [2.75, 3.05) is 32.1 Å². The van der Waals surface area contributed by atoms with Crippen LogP contribution in [0, 0.1) is 0 Å². The Morgan fingerprint density at radius 2 is 2.12 bits per heavy atom. The first-order valence-electron chi connectivity index (χ1n) is 10.8. The van der Waals surface area contributed by atoms with Gasteiger partial charge in [-0.25, -0.2) is 9.50 Å². The summed E-state index contributed by atoms with van der Waals surface area (Å²) < 4.78 is 12.7. The van der Waals surface area contributed by atoms with E-state index in [0.717, 1.165) is 55.2 Å². The second kappa shape index (κ2) is 10.2. The zero-order chi connectivity index (χ0) is 22.3. The summed E-state index contributed by atoms with van der Waals surface area (Å²) in [6.45, 7) is 10.9. The highest BCUT2D eigenvalue weighted by atomic mass is 16.5. The maximum absolute atomic E-state index is 5.46. The van der Waals surface area contributed by atoms with Crippen molar-refractivity contribution in [1.82, 2.24) is 24.8 Å². The first-order valence-corrected chi connectivity index (χ1v) is 10.8. The standard InChI is InChI=1S/C24H30N6O2/c1-4-14-32-18(2)27-20-9-11-29(12-10-20)16-19-8-13-30-23(19)24(25-17-26-30)28-21-6-5-7-22(15-21)31-3/h4-8,13,15,17,20,27H,1-2,9-12,14,16H2,3H3,(H,25,26,28). The van der Waals surface area contributed by atoms with E-state index in [-0.39, 0.29) is 0 Å². The number of aromatic nitrogens is 3. The number of nitrogens with zero attached hydrogens (tertiary/aromatic N) is 4. The predicted molar refractivity (Wildman–Crippen MR) is 126 cm³/mol. The molecule has 1 saturated heterocycles. The predicted octanol–water partition coefficient (Wildman–Crippen LogP) is 3.71. The zero-order valence-electron chi connectivity index (χ0n) is 18.5. The molecule has 3 heterocycles. The van der Waals surface area contributed by atoms with Crippen LogP contribution in [0.25, 0.3) is 5.52 Å². The Bertz CT molecular complexity index is 1070. The molecule has 0 atom stereocenters. The fourth-order valence-corrected chi connectivity index (χ4v) is 3.98. The molecule has 0 bridgehead atoms. The van der Waals surface area contributed by atoms with Crippen LogP contribution in [-0.2, 0) is 11.3 Å². The van der Waals surface area contributed by atoms with Crippen molar-refractivity contribution in [3.63, 3.8) is 0 Å². The average Bonchev–Trinajstić information content (AvgIpc) is 3.23. The number of ether oxygens (including phenoxy) is 2. The Balaban J connectivity index is 1.42. The van der Waals surface area contributed by atoms with E-state index >= 15 is 0 Å². The maximum atomic E-state index is 5.46. The summed E-state index contributed by atoms with van der Waals surface area (Å²) >= 11 is 0. The van der Waals surface area contributed by atoms with Crippen LogP contribution in [0.15, 0.2) is 68.0 Å². The lowest BCUT2D eigenvalue weighted by Gasteiger charge is -2.33. The number of hydrogen-bond acceptors (Lipinski definition) is 7. The van der Waals surface area contributed by atoms with Crippen LogP contribution >= 0.6 is 0 Å². The van der Waals surface area contributed by atoms with E-state index in [4.69, 9.17) is 9.47 Å². The van der Waals surface area contributed by atoms with Crippen molar-refractivity contribution in [2.24, 2.45) is 0 Å². The molecule has 0 amide bonds. The second-order valence-corrected chi connectivity index (χ2v) is 7.82. The molecule has 0 aliphatic carbocycles. The molecule has 0 saturated carbocycles. The van der Waals surface area contributed by atoms with Gasteiger partial charge in [-0.1, -0.05) is 18.7 Å². The Hall–Kier alpha value is -3.52. The van der Waals surface area contributed by atoms with E-state index in [1.807, 2.05) is 35.0 Å². The SMILES string of the molecule is C=CCOC(=C)NC1CCN(Cc2ccn3ncnc(Nc4cccc(OC)c4)c23)CC1. The van der Waals surface area contributed by atoms with Crippen LogP contribution in [0.4, 0.5) is 11.5 Å². The van der Waals surface area contributed by atoms with Crippen molar-refractivity contribution in [3.8, 4) is 5.75 Å². The molecule has 1 aliphatic rings. The summed E-state index contributed by atoms with van der Waals surface area (Å²) in [5, 5.41) is 11.2. The number of rotatable bonds is 10. The number of methoxy groups -OCH3 is 1. The Kier molecular flexibility index (Phi) is 6.91. The summed E-state index contributed by atoms with van der Waals surface area (Å²) in [7, 11) is 1.66. The molecule has 0 radical (unpaired) electrons. The van der Waals surface area contributed by atoms with E-state index in [2.05, 4.69) is 44.8 Å². The van der Waals surface area contributed by atoms with Crippen molar-refractivity contribution in [3.05, 3.63) is 73.5 Å². The van der Waals surface area contributed by atoms with Gasteiger partial charge in [0, 0.05) is 43.6 Å². The van der Waals surface area contributed by atoms with Crippen LogP contribution in [0.1, 0.15) is 18.4 Å². The third-order valence-electron chi connectivity index (χ3n) is 5.59. The minimum Gasteiger partial charge on any atom is -0.497 e. The van der Waals surface area contributed by atoms with Crippen LogP contribution in [0.2, 0.25) is 0 Å². The lowest BCUT2D eigenvalue weighted by atomic mass is 10.0. The Morgan fingerprint density at radius 3 is 2.91 bits per heavy atom. The summed E-state index contributed by atoms with van der Waals surface area (Å²) in [5.41, 5.74) is 3.10. The molecule has 1 aromatic carbocycles. The van der Waals surface area contributed by atoms with E-state index in [1.54, 1.807) is 19.5 Å². The molecule has 1 fully saturated rings. The van der Waals surface area contributed by atoms with Crippen molar-refractivity contribution < 1.29 is 9.47 Å². The first-order chi connectivity index (χ1) is 15.7. The van der Waals surface area contributed by atoms with Gasteiger partial charge in [-0.05, 0) is 43.2 Å². The molecular formula is C24H30N6O2. The van der Waals surface area contributed by atoms with Gasteiger partial charge in [-0.3, -0.25) is 4.90 Å². The zero-order valence-corrected chi connectivity index (χ0v) is 18.5. The maximum Gasteiger partial charge on any atom is 0.179 e. The molecule has 1 aliphatic heterocycles. The molecule has 2 aromatic heterocycles. The van der Waals surface area contributed by atoms with Gasteiger partial charge in [0.25, 0.3) is 0 Å². The van der Waals surface area contributed by atoms with Gasteiger partial charge in [0.15, 0.2) is 11.7 Å². The van der Waals surface area contributed by atoms with E-state index in [1.165, 1.54) is 5.56 Å². The summed E-state index contributed by atoms with van der Waals surface area (Å²) in [6, 6.07) is 10.3. The second-order valence-electron chi connectivity index (χ2n) is 7.82. The van der Waals surface area contributed by atoms with Gasteiger partial charge in [-0.2, -0.15) is 5.10 Å². The van der Waals surface area contributed by atoms with Crippen LogP contribution in [0.5, 0.6) is 5.75 Å². The van der Waals surface area contributed by atoms with E-state index < -0.39 is 0 Å². The molecular weight excluding hydrogens is 404 g/mol. The van der Waals surface area contributed by atoms with Crippen molar-refractivity contribution in [2.45, 2.75) is 25.4 Å². The molecule has 2 N–H and O–H groups in total. The molecule has 32 heavy (non-hydrogen) atoms. The van der Waals surface area contributed by atoms with Crippen LogP contribution < -0.4 is 15.4 Å². The molecule has 3 aromatic rings. The molecule has 0 unspecified atom stereocenters. The summed E-state index contributed by atoms with van der Waals surface area (Å²) in [4.78, 5) is 6.97. The monoisotopic (exact) mass is 434 g/mol. The van der Waals surface area contributed by atoms with Gasteiger partial charge in [0.1, 0.15) is 24.2 Å². The van der Waals surface area contributed by atoms with Crippen LogP contribution in [0.3, 0.4) is 0 Å². The molecule has 4 rings (SSSR count). The lowest BCUT2D eigenvalue weighted by Crippen LogP contribution is -2.42. The van der Waals surface area contributed by atoms with Gasteiger partial charge < -0.3 is 20.1 Å². The summed E-state index contributed by atoms with van der Waals surface area (Å²) in [6.07, 6.45) is 7.34. The highest BCUT2D eigenvalue weighted by Crippen LogP contribution is 2.26. The van der Waals surface area contributed by atoms with Crippen LogP contribution in [-0.4, -0.2) is 52.3 Å². The lowest BCUT2D eigenvalue weighted by molar-refractivity contribution is 0.166. The molecule has 0 spiro atoms. The summed E-state index contributed by atoms with van der Waals surface area (Å²) in [5.74, 6) is 2.19. The Morgan fingerprint density at radius 1 is 1.28 bits per heavy atom. The molecule has 168 valence electrons. The number of nitrogens with one attached hydrogen (secondary N) is 2. The molecule has 8 nitrogen and oxygen atoms in total. The first kappa shape index (κ1) is 21.7. The quantitative estimate of drug-likeness (QED) is 0.372. The van der Waals surface area contributed by atoms with Crippen molar-refractivity contribution in [1.29, 1.82) is 0 Å². The van der Waals surface area contributed by atoms with E-state index in [9.17, 15) is 0 Å². The van der Waals surface area contributed by atoms with Gasteiger partial charge in [0.2, 0.25) is 0 Å². The highest BCUT2D eigenvalue weighted by molar-refractivity contribution is 5.76.